The SMILES string of the molecule is COc1cccc(Cl)c1C(=O)NCC1(N2CCCC2)CCCC1c1ccccc1. The third-order valence-corrected chi connectivity index (χ3v) is 6.98. The largest absolute Gasteiger partial charge is 0.496 e. The Bertz CT molecular complexity index is 851. The van der Waals surface area contributed by atoms with Crippen molar-refractivity contribution in [3.05, 3.63) is 64.7 Å². The first-order chi connectivity index (χ1) is 14.2. The van der Waals surface area contributed by atoms with Crippen LogP contribution in [0.25, 0.3) is 0 Å². The van der Waals surface area contributed by atoms with E-state index < -0.39 is 0 Å². The van der Waals surface area contributed by atoms with E-state index in [4.69, 9.17) is 16.3 Å². The maximum absolute atomic E-state index is 13.1. The molecule has 4 nitrogen and oxygen atoms in total. The van der Waals surface area contributed by atoms with E-state index in [-0.39, 0.29) is 11.4 Å². The minimum absolute atomic E-state index is 0.0397. The van der Waals surface area contributed by atoms with E-state index >= 15 is 0 Å². The monoisotopic (exact) mass is 412 g/mol. The second-order valence-corrected chi connectivity index (χ2v) is 8.56. The van der Waals surface area contributed by atoms with E-state index in [1.54, 1.807) is 25.3 Å². The molecular formula is C24H29ClN2O2. The lowest BCUT2D eigenvalue weighted by molar-refractivity contribution is 0.0808. The summed E-state index contributed by atoms with van der Waals surface area (Å²) in [4.78, 5) is 15.7. The van der Waals surface area contributed by atoms with Crippen LogP contribution in [0.4, 0.5) is 0 Å². The second-order valence-electron chi connectivity index (χ2n) is 8.15. The highest BCUT2D eigenvalue weighted by atomic mass is 35.5. The zero-order valence-corrected chi connectivity index (χ0v) is 17.8. The van der Waals surface area contributed by atoms with Gasteiger partial charge >= 0.3 is 0 Å². The number of hydrogen-bond donors (Lipinski definition) is 1. The Balaban J connectivity index is 1.61. The van der Waals surface area contributed by atoms with Gasteiger partial charge in [0.25, 0.3) is 5.91 Å². The summed E-state index contributed by atoms with van der Waals surface area (Å²) in [5, 5.41) is 3.65. The first kappa shape index (κ1) is 20.2. The Labute approximate surface area is 178 Å². The molecule has 0 aromatic heterocycles. The molecule has 2 fully saturated rings. The van der Waals surface area contributed by atoms with Crippen LogP contribution in [0.3, 0.4) is 0 Å². The van der Waals surface area contributed by atoms with Crippen molar-refractivity contribution in [1.82, 2.24) is 10.2 Å². The average Bonchev–Trinajstić information content (AvgIpc) is 3.43. The van der Waals surface area contributed by atoms with Gasteiger partial charge in [-0.2, -0.15) is 0 Å². The van der Waals surface area contributed by atoms with Gasteiger partial charge in [-0.05, 0) is 56.5 Å². The van der Waals surface area contributed by atoms with Crippen LogP contribution < -0.4 is 10.1 Å². The Morgan fingerprint density at radius 3 is 2.62 bits per heavy atom. The fourth-order valence-electron chi connectivity index (χ4n) is 5.30. The topological polar surface area (TPSA) is 41.6 Å². The molecule has 1 aliphatic heterocycles. The van der Waals surface area contributed by atoms with E-state index in [9.17, 15) is 4.79 Å². The van der Waals surface area contributed by atoms with E-state index in [0.29, 0.717) is 28.8 Å². The minimum atomic E-state index is -0.162. The van der Waals surface area contributed by atoms with E-state index in [2.05, 4.69) is 40.5 Å². The summed E-state index contributed by atoms with van der Waals surface area (Å²) < 4.78 is 5.38. The maximum Gasteiger partial charge on any atom is 0.256 e. The molecule has 29 heavy (non-hydrogen) atoms. The number of nitrogens with one attached hydrogen (secondary N) is 1. The van der Waals surface area contributed by atoms with E-state index in [1.165, 1.54) is 24.8 Å². The summed E-state index contributed by atoms with van der Waals surface area (Å²) in [6, 6.07) is 16.1. The van der Waals surface area contributed by atoms with Gasteiger partial charge in [0.1, 0.15) is 5.75 Å². The summed E-state index contributed by atoms with van der Waals surface area (Å²) in [6.45, 7) is 2.84. The third-order valence-electron chi connectivity index (χ3n) is 6.67. The molecule has 5 heteroatoms. The Kier molecular flexibility index (Phi) is 6.12. The van der Waals surface area contributed by atoms with Crippen molar-refractivity contribution in [3.8, 4) is 5.75 Å². The van der Waals surface area contributed by atoms with Gasteiger partial charge in [0, 0.05) is 18.0 Å². The minimum Gasteiger partial charge on any atom is -0.496 e. The van der Waals surface area contributed by atoms with Gasteiger partial charge < -0.3 is 10.1 Å². The highest BCUT2D eigenvalue weighted by molar-refractivity contribution is 6.34. The molecule has 154 valence electrons. The lowest BCUT2D eigenvalue weighted by Crippen LogP contribution is -2.56. The predicted octanol–water partition coefficient (Wildman–Crippen LogP) is 4.88. The van der Waals surface area contributed by atoms with Crippen LogP contribution in [0.15, 0.2) is 48.5 Å². The predicted molar refractivity (Wildman–Crippen MR) is 117 cm³/mol. The third kappa shape index (κ3) is 3.88. The molecule has 2 aromatic carbocycles. The number of carbonyl (C=O) groups excluding carboxylic acids is 1. The van der Waals surface area contributed by atoms with Crippen LogP contribution in [-0.2, 0) is 0 Å². The lowest BCUT2D eigenvalue weighted by Gasteiger charge is -2.44. The zero-order valence-electron chi connectivity index (χ0n) is 17.0. The number of likely N-dealkylation sites (tertiary alicyclic amines) is 1. The van der Waals surface area contributed by atoms with E-state index in [1.807, 2.05) is 0 Å². The fourth-order valence-corrected chi connectivity index (χ4v) is 5.55. The molecule has 1 saturated heterocycles. The summed E-state index contributed by atoms with van der Waals surface area (Å²) in [6.07, 6.45) is 5.91. The van der Waals surface area contributed by atoms with Gasteiger partial charge in [-0.15, -0.1) is 0 Å². The molecule has 0 spiro atoms. The number of ether oxygens (including phenoxy) is 1. The molecular weight excluding hydrogens is 384 g/mol. The number of amides is 1. The van der Waals surface area contributed by atoms with Crippen molar-refractivity contribution in [2.75, 3.05) is 26.7 Å². The van der Waals surface area contributed by atoms with Crippen LogP contribution in [-0.4, -0.2) is 43.1 Å². The highest BCUT2D eigenvalue weighted by Gasteiger charge is 2.48. The first-order valence-corrected chi connectivity index (χ1v) is 10.9. The molecule has 2 aromatic rings. The summed E-state index contributed by atoms with van der Waals surface area (Å²) in [5.74, 6) is 0.774. The van der Waals surface area contributed by atoms with Gasteiger partial charge in [-0.3, -0.25) is 9.69 Å². The Morgan fingerprint density at radius 1 is 1.14 bits per heavy atom. The molecule has 1 saturated carbocycles. The number of methoxy groups -OCH3 is 1. The Hall–Kier alpha value is -2.04. The molecule has 4 rings (SSSR count). The van der Waals surface area contributed by atoms with Crippen molar-refractivity contribution in [1.29, 1.82) is 0 Å². The number of rotatable bonds is 6. The normalized spacial score (nSPS) is 24.6. The Morgan fingerprint density at radius 2 is 1.90 bits per heavy atom. The van der Waals surface area contributed by atoms with Crippen molar-refractivity contribution in [2.45, 2.75) is 43.6 Å². The molecule has 2 atom stereocenters. The van der Waals surface area contributed by atoms with Crippen LogP contribution >= 0.6 is 11.6 Å². The van der Waals surface area contributed by atoms with Gasteiger partial charge in [-0.1, -0.05) is 54.4 Å². The van der Waals surface area contributed by atoms with Crippen LogP contribution in [0.2, 0.25) is 5.02 Å². The quantitative estimate of drug-likeness (QED) is 0.735. The van der Waals surface area contributed by atoms with Crippen molar-refractivity contribution in [3.63, 3.8) is 0 Å². The maximum atomic E-state index is 13.1. The molecule has 0 bridgehead atoms. The molecule has 1 amide bonds. The standard InChI is InChI=1S/C24H29ClN2O2/c1-29-21-13-7-12-20(25)22(21)23(28)26-17-24(27-15-5-6-16-27)14-8-11-19(24)18-9-3-2-4-10-18/h2-4,7,9-10,12-13,19H,5-6,8,11,14-17H2,1H3,(H,26,28). The van der Waals surface area contributed by atoms with Crippen molar-refractivity contribution in [2.24, 2.45) is 0 Å². The molecule has 1 N–H and O–H groups in total. The smallest absolute Gasteiger partial charge is 0.256 e. The molecule has 0 radical (unpaired) electrons. The molecule has 1 heterocycles. The number of halogens is 1. The first-order valence-electron chi connectivity index (χ1n) is 10.6. The fraction of sp³-hybridized carbons (Fsp3) is 0.458. The number of benzene rings is 2. The van der Waals surface area contributed by atoms with Gasteiger partial charge in [0.2, 0.25) is 0 Å². The van der Waals surface area contributed by atoms with Gasteiger partial charge in [0.05, 0.1) is 17.7 Å². The number of nitrogens with zero attached hydrogens (tertiary/aromatic N) is 1. The molecule has 2 unspecified atom stereocenters. The van der Waals surface area contributed by atoms with Crippen molar-refractivity contribution < 1.29 is 9.53 Å². The van der Waals surface area contributed by atoms with Gasteiger partial charge in [0.15, 0.2) is 0 Å². The second kappa shape index (κ2) is 8.76. The summed E-state index contributed by atoms with van der Waals surface area (Å²) >= 11 is 6.33. The highest BCUT2D eigenvalue weighted by Crippen LogP contribution is 2.47. The summed E-state index contributed by atoms with van der Waals surface area (Å²) in [5.41, 5.74) is 1.76. The summed E-state index contributed by atoms with van der Waals surface area (Å²) in [7, 11) is 1.57. The number of carbonyl (C=O) groups is 1. The zero-order chi connectivity index (χ0) is 20.3. The van der Waals surface area contributed by atoms with Crippen LogP contribution in [0.1, 0.15) is 53.9 Å². The molecule has 1 aliphatic carbocycles. The average molecular weight is 413 g/mol. The van der Waals surface area contributed by atoms with Crippen molar-refractivity contribution >= 4 is 17.5 Å². The van der Waals surface area contributed by atoms with Crippen LogP contribution in [0, 0.1) is 0 Å². The van der Waals surface area contributed by atoms with Gasteiger partial charge in [-0.25, -0.2) is 0 Å². The lowest BCUT2D eigenvalue weighted by atomic mass is 9.80. The molecule has 2 aliphatic rings. The van der Waals surface area contributed by atoms with E-state index in [0.717, 1.165) is 25.9 Å². The number of hydrogen-bond acceptors (Lipinski definition) is 3. The van der Waals surface area contributed by atoms with Crippen LogP contribution in [0.5, 0.6) is 5.75 Å².